The van der Waals surface area contributed by atoms with Crippen LogP contribution in [-0.2, 0) is 10.2 Å². The van der Waals surface area contributed by atoms with Gasteiger partial charge in [0.1, 0.15) is 34.9 Å². The number of carbonyl (C=O) groups is 2. The molecule has 1 saturated heterocycles. The number of fused-ring (bicyclic) bond motifs is 7. The SMILES string of the molecule is Cc1cc(O)c2c(c1)C(=O)c1c(c3cc4c(nccc14)NCC(O)C14CCCC1c1cc(C5([C+]6C=N[CH+][N-]6)CCCCC5)[n-]c1C1=CC5(O3)OC3(C1=C4CC1(CCC4(CCCC4)C1)C3O)C(O)C(O)C5O)C2=O. The molecule has 7 aliphatic carbocycles. The van der Waals surface area contributed by atoms with Gasteiger partial charge in [-0.1, -0.05) is 47.9 Å². The zero-order valence-corrected chi connectivity index (χ0v) is 40.8. The van der Waals surface area contributed by atoms with Gasteiger partial charge in [-0.2, -0.15) is 0 Å². The maximum atomic E-state index is 15.2. The second-order valence-electron chi connectivity index (χ2n) is 24.0. The number of aromatic nitrogens is 2. The summed E-state index contributed by atoms with van der Waals surface area (Å²) in [6.07, 6.45) is 9.73. The summed E-state index contributed by atoms with van der Waals surface area (Å²) in [7, 11) is 0. The molecule has 5 aliphatic heterocycles. The quantitative estimate of drug-likeness (QED) is 0.0870. The van der Waals surface area contributed by atoms with E-state index in [9.17, 15) is 30.6 Å². The van der Waals surface area contributed by atoms with Gasteiger partial charge in [-0.25, -0.2) is 4.98 Å². The number of aliphatic hydroxyl groups is 5. The van der Waals surface area contributed by atoms with Gasteiger partial charge in [-0.05, 0) is 148 Å². The molecule has 5 spiro atoms. The average molecular weight is 986 g/mol. The highest BCUT2D eigenvalue weighted by Crippen LogP contribution is 2.74. The first-order chi connectivity index (χ1) is 35.2. The lowest BCUT2D eigenvalue weighted by Gasteiger charge is -2.64. The predicted molar refractivity (Wildman–Crippen MR) is 267 cm³/mol. The van der Waals surface area contributed by atoms with Crippen molar-refractivity contribution in [1.82, 2.24) is 9.97 Å². The Morgan fingerprint density at radius 2 is 1.67 bits per heavy atom. The number of nitrogens with zero attached hydrogens (tertiary/aromatic N) is 4. The molecular weight excluding hydrogens is 927 g/mol. The zero-order valence-electron chi connectivity index (χ0n) is 40.8. The van der Waals surface area contributed by atoms with Crippen LogP contribution in [0, 0.1) is 35.9 Å². The molecule has 4 saturated carbocycles. The Labute approximate surface area is 422 Å². The van der Waals surface area contributed by atoms with E-state index >= 15 is 9.59 Å². The standard InChI is InChI=1S/C58H59N5O10/c1-28-18-32-41(36(64)19-28)47(67)43-37-20-30-29(42(43)46(32)66)9-17-60-51(30)61-25-40(65)56-14-7-8-34(56)31-21-38(55(12-3-2-4-13-55)39-24-59-27-62-39)63-45(31)33-22-57(72-37)49(69)48(68)50(70)58(73-57)44(33)35(56)23-54(52(58)71)16-15-53(26-54)10-5-6-11-53/h9,17-22,24,27,34,40,48-50,52,65,68-71H,2-8,10-16,23,25-26H2,1H3,(H,64,67)(H,60,61,66). The van der Waals surface area contributed by atoms with Gasteiger partial charge < -0.3 is 50.4 Å². The van der Waals surface area contributed by atoms with Crippen molar-refractivity contribution in [3.63, 3.8) is 0 Å². The van der Waals surface area contributed by atoms with E-state index in [4.69, 9.17) is 24.8 Å². The van der Waals surface area contributed by atoms with E-state index in [1.807, 2.05) is 6.21 Å². The first-order valence-corrected chi connectivity index (χ1v) is 26.7. The van der Waals surface area contributed by atoms with E-state index in [1.54, 1.807) is 44.1 Å². The number of rotatable bonds is 2. The molecule has 12 aliphatic rings. The second kappa shape index (κ2) is 14.9. The van der Waals surface area contributed by atoms with Crippen LogP contribution in [0.4, 0.5) is 5.82 Å². The van der Waals surface area contributed by atoms with Crippen LogP contribution in [0.2, 0.25) is 0 Å². The van der Waals surface area contributed by atoms with Crippen molar-refractivity contribution in [3.05, 3.63) is 117 Å². The summed E-state index contributed by atoms with van der Waals surface area (Å²) in [5.41, 5.74) is -0.565. The van der Waals surface area contributed by atoms with Crippen LogP contribution >= 0.6 is 0 Å². The molecule has 7 heterocycles. The Morgan fingerprint density at radius 1 is 0.863 bits per heavy atom. The van der Waals surface area contributed by atoms with Crippen LogP contribution in [0.25, 0.3) is 21.7 Å². The van der Waals surface area contributed by atoms with Gasteiger partial charge in [0.15, 0.2) is 23.5 Å². The van der Waals surface area contributed by atoms with Crippen LogP contribution in [0.3, 0.4) is 0 Å². The van der Waals surface area contributed by atoms with Crippen molar-refractivity contribution in [1.29, 1.82) is 0 Å². The fraction of sp³-hybridized carbons (Fsp3) is 0.517. The maximum absolute atomic E-state index is 15.2. The maximum Gasteiger partial charge on any atom is 0.302 e. The highest BCUT2D eigenvalue weighted by molar-refractivity contribution is 6.34. The van der Waals surface area contributed by atoms with Gasteiger partial charge in [0.2, 0.25) is 5.78 Å². The summed E-state index contributed by atoms with van der Waals surface area (Å²) < 4.78 is 14.7. The fourth-order valence-electron chi connectivity index (χ4n) is 17.5. The summed E-state index contributed by atoms with van der Waals surface area (Å²) >= 11 is 0. The number of aliphatic hydroxyl groups excluding tert-OH is 5. The fourth-order valence-corrected chi connectivity index (χ4v) is 17.5. The summed E-state index contributed by atoms with van der Waals surface area (Å²) in [6.45, 7) is 3.30. The van der Waals surface area contributed by atoms with Gasteiger partial charge >= 0.3 is 6.21 Å². The average Bonchev–Trinajstić information content (AvgIpc) is 4.26. The predicted octanol–water partition coefficient (Wildman–Crippen LogP) is 7.16. The number of anilines is 1. The third-order valence-corrected chi connectivity index (χ3v) is 20.6. The number of benzene rings is 2. The lowest BCUT2D eigenvalue weighted by molar-refractivity contribution is -0.366. The number of ketones is 2. The molecule has 2 aromatic heterocycles. The molecule has 10 atom stereocenters. The van der Waals surface area contributed by atoms with Gasteiger partial charge in [0.25, 0.3) is 5.79 Å². The Balaban J connectivity index is 1.06. The molecule has 2 aromatic carbocycles. The zero-order chi connectivity index (χ0) is 49.8. The van der Waals surface area contributed by atoms with Crippen LogP contribution in [0.15, 0.2) is 58.7 Å². The smallest absolute Gasteiger partial charge is 0.302 e. The summed E-state index contributed by atoms with van der Waals surface area (Å²) in [6, 6.07) is 9.22. The Morgan fingerprint density at radius 3 is 2.47 bits per heavy atom. The largest absolute Gasteiger partial charge is 0.657 e. The summed E-state index contributed by atoms with van der Waals surface area (Å²) in [5, 5.41) is 86.8. The molecule has 376 valence electrons. The first-order valence-electron chi connectivity index (χ1n) is 26.7. The Kier molecular flexibility index (Phi) is 9.15. The molecule has 0 amide bonds. The molecule has 15 heteroatoms. The summed E-state index contributed by atoms with van der Waals surface area (Å²) in [4.78, 5) is 45.3. The topological polar surface area (TPSA) is 239 Å². The van der Waals surface area contributed by atoms with Crippen molar-refractivity contribution in [2.75, 3.05) is 11.9 Å². The number of aromatic hydroxyl groups is 1. The van der Waals surface area contributed by atoms with Crippen LogP contribution in [-0.4, -0.2) is 102 Å². The van der Waals surface area contributed by atoms with Crippen molar-refractivity contribution in [2.24, 2.45) is 21.2 Å². The van der Waals surface area contributed by atoms with E-state index in [1.165, 1.54) is 6.07 Å². The van der Waals surface area contributed by atoms with E-state index in [0.717, 1.165) is 93.5 Å². The van der Waals surface area contributed by atoms with E-state index in [2.05, 4.69) is 16.4 Å². The van der Waals surface area contributed by atoms with Gasteiger partial charge in [-0.3, -0.25) is 14.9 Å². The minimum Gasteiger partial charge on any atom is -0.657 e. The normalized spacial score (nSPS) is 37.0. The van der Waals surface area contributed by atoms with Crippen molar-refractivity contribution in [3.8, 4) is 11.5 Å². The number of hydrogen-bond donors (Lipinski definition) is 7. The molecule has 16 rings (SSSR count). The number of pyridine rings is 1. The monoisotopic (exact) mass is 985 g/mol. The van der Waals surface area contributed by atoms with Gasteiger partial charge in [-0.15, -0.1) is 11.4 Å². The minimum absolute atomic E-state index is 0.000950. The number of carbonyl (C=O) groups excluding carboxylic acids is 2. The molecular formula is C58H59N5O10. The number of phenols is 1. The van der Waals surface area contributed by atoms with Crippen molar-refractivity contribution in [2.45, 2.75) is 163 Å². The number of nitrogens with one attached hydrogen (secondary N) is 1. The number of aliphatic imine (C=N–C) groups is 1. The summed E-state index contributed by atoms with van der Waals surface area (Å²) in [5.74, 6) is -4.34. The van der Waals surface area contributed by atoms with E-state index < -0.39 is 69.7 Å². The molecule has 5 fully saturated rings. The molecule has 73 heavy (non-hydrogen) atoms. The second-order valence-corrected chi connectivity index (χ2v) is 24.0. The Hall–Kier alpha value is -5.52. The number of ether oxygens (including phenoxy) is 2. The van der Waals surface area contributed by atoms with Gasteiger partial charge in [0.05, 0.1) is 30.0 Å². The highest BCUT2D eigenvalue weighted by Gasteiger charge is 2.76. The number of phenolic OH excluding ortho intramolecular Hbond substituents is 1. The van der Waals surface area contributed by atoms with Gasteiger partial charge in [0, 0.05) is 40.1 Å². The van der Waals surface area contributed by atoms with E-state index in [0.29, 0.717) is 71.1 Å². The van der Waals surface area contributed by atoms with Crippen LogP contribution in [0.1, 0.15) is 163 Å². The Bertz CT molecular complexity index is 3240. The van der Waals surface area contributed by atoms with Crippen molar-refractivity contribution >= 4 is 39.9 Å². The minimum atomic E-state index is -2.46. The van der Waals surface area contributed by atoms with E-state index in [-0.39, 0.29) is 51.6 Å². The molecule has 10 unspecified atom stereocenters. The lowest BCUT2D eigenvalue weighted by atomic mass is 9.51. The number of hydrogen-bond acceptors (Lipinski definition) is 13. The highest BCUT2D eigenvalue weighted by atomic mass is 16.7. The molecule has 7 N–H and O–H groups in total. The third kappa shape index (κ3) is 5.49. The lowest BCUT2D eigenvalue weighted by Crippen LogP contribution is -2.79. The molecule has 4 aromatic rings. The van der Waals surface area contributed by atoms with Crippen LogP contribution < -0.4 is 15.0 Å². The number of aryl methyl sites for hydroxylation is 1. The first kappa shape index (κ1) is 44.9. The third-order valence-electron chi connectivity index (χ3n) is 20.6. The molecule has 0 radical (unpaired) electrons. The molecule has 8 bridgehead atoms. The van der Waals surface area contributed by atoms with Crippen LogP contribution in [0.5, 0.6) is 11.5 Å². The molecule has 15 nitrogen and oxygen atoms in total. The van der Waals surface area contributed by atoms with Crippen molar-refractivity contribution < 1.29 is 49.7 Å².